The Hall–Kier alpha value is -3.27. The second-order valence-electron chi connectivity index (χ2n) is 6.45. The number of nitrogens with two attached hydrogens (primary N) is 1. The average Bonchev–Trinajstić information content (AvgIpc) is 3.04. The summed E-state index contributed by atoms with van der Waals surface area (Å²) >= 11 is 0. The number of benzene rings is 1. The van der Waals surface area contributed by atoms with Crippen molar-refractivity contribution >= 4 is 29.5 Å². The third-order valence-electron chi connectivity index (χ3n) is 4.79. The third kappa shape index (κ3) is 2.90. The first-order valence-electron chi connectivity index (χ1n) is 8.59. The Morgan fingerprint density at radius 2 is 2.31 bits per heavy atom. The van der Waals surface area contributed by atoms with Gasteiger partial charge in [0.15, 0.2) is 0 Å². The van der Waals surface area contributed by atoms with Gasteiger partial charge in [0.25, 0.3) is 0 Å². The van der Waals surface area contributed by atoms with Gasteiger partial charge < -0.3 is 10.6 Å². The molecule has 0 fully saturated rings. The van der Waals surface area contributed by atoms with E-state index in [0.717, 1.165) is 30.2 Å². The fourth-order valence-electron chi connectivity index (χ4n) is 3.64. The van der Waals surface area contributed by atoms with Crippen LogP contribution in [0.1, 0.15) is 12.5 Å². The number of fused-ring (bicyclic) bond motifs is 2. The number of nitrogen functional groups attached to an aromatic ring is 1. The summed E-state index contributed by atoms with van der Waals surface area (Å²) in [6.45, 7) is 3.10. The van der Waals surface area contributed by atoms with Crippen LogP contribution in [-0.4, -0.2) is 42.2 Å². The molecule has 3 heterocycles. The molecule has 4 rings (SSSR count). The highest BCUT2D eigenvalue weighted by molar-refractivity contribution is 6.06. The molecular formula is C19H20N6O. The van der Waals surface area contributed by atoms with Crippen LogP contribution in [0, 0.1) is 17.8 Å². The van der Waals surface area contributed by atoms with Gasteiger partial charge in [-0.1, -0.05) is 5.92 Å². The van der Waals surface area contributed by atoms with Gasteiger partial charge in [0, 0.05) is 24.1 Å². The van der Waals surface area contributed by atoms with Gasteiger partial charge in [0.2, 0.25) is 0 Å². The molecule has 7 heteroatoms. The summed E-state index contributed by atoms with van der Waals surface area (Å²) in [5.41, 5.74) is 11.9. The number of hydrogen-bond donors (Lipinski definition) is 2. The van der Waals surface area contributed by atoms with Crippen LogP contribution < -0.4 is 16.1 Å². The average molecular weight is 348 g/mol. The van der Waals surface area contributed by atoms with Crippen molar-refractivity contribution in [2.45, 2.75) is 19.4 Å². The molecule has 1 aromatic carbocycles. The highest BCUT2D eigenvalue weighted by atomic mass is 16.2. The zero-order chi connectivity index (χ0) is 18.1. The normalized spacial score (nSPS) is 22.9. The Morgan fingerprint density at radius 1 is 1.42 bits per heavy atom. The predicted octanol–water partition coefficient (Wildman–Crippen LogP) is 0.940. The van der Waals surface area contributed by atoms with Crippen molar-refractivity contribution in [1.82, 2.24) is 10.4 Å². The van der Waals surface area contributed by atoms with Crippen LogP contribution in [0.5, 0.6) is 0 Å². The first-order chi connectivity index (χ1) is 12.7. The zero-order valence-corrected chi connectivity index (χ0v) is 14.5. The molecule has 0 radical (unpaired) electrons. The van der Waals surface area contributed by atoms with E-state index in [1.807, 2.05) is 24.4 Å². The van der Waals surface area contributed by atoms with Gasteiger partial charge >= 0.3 is 5.91 Å². The van der Waals surface area contributed by atoms with E-state index < -0.39 is 0 Å². The van der Waals surface area contributed by atoms with E-state index in [1.165, 1.54) is 5.56 Å². The molecule has 3 aliphatic rings. The number of carbonyl (C=O) groups excluding carboxylic acids is 1. The number of hydrazine groups is 1. The van der Waals surface area contributed by atoms with E-state index in [9.17, 15) is 4.79 Å². The van der Waals surface area contributed by atoms with Crippen molar-refractivity contribution in [1.29, 1.82) is 0 Å². The van der Waals surface area contributed by atoms with Crippen LogP contribution >= 0.6 is 0 Å². The highest BCUT2D eigenvalue weighted by Gasteiger charge is 2.36. The van der Waals surface area contributed by atoms with Crippen molar-refractivity contribution < 1.29 is 4.79 Å². The molecule has 3 aliphatic heterocycles. The molecule has 1 aromatic rings. The maximum Gasteiger partial charge on any atom is 0.314 e. The van der Waals surface area contributed by atoms with Crippen molar-refractivity contribution in [3.63, 3.8) is 0 Å². The fraction of sp³-hybridized carbons (Fsp3) is 0.316. The number of rotatable bonds is 1. The van der Waals surface area contributed by atoms with Gasteiger partial charge in [-0.3, -0.25) is 20.2 Å². The Kier molecular flexibility index (Phi) is 4.09. The number of hydrogen-bond acceptors (Lipinski definition) is 6. The van der Waals surface area contributed by atoms with Gasteiger partial charge in [-0.05, 0) is 49.1 Å². The lowest BCUT2D eigenvalue weighted by Gasteiger charge is -2.37. The van der Waals surface area contributed by atoms with Crippen LogP contribution in [0.25, 0.3) is 0 Å². The molecule has 7 nitrogen and oxygen atoms in total. The number of nitrogens with one attached hydrogen (secondary N) is 1. The van der Waals surface area contributed by atoms with E-state index in [2.05, 4.69) is 38.2 Å². The summed E-state index contributed by atoms with van der Waals surface area (Å²) in [6, 6.07) is 6.02. The minimum absolute atomic E-state index is 0.0192. The second-order valence-corrected chi connectivity index (χ2v) is 6.45. The van der Waals surface area contributed by atoms with Crippen molar-refractivity contribution in [2.24, 2.45) is 15.9 Å². The van der Waals surface area contributed by atoms with E-state index in [0.29, 0.717) is 6.54 Å². The first kappa shape index (κ1) is 16.2. The largest absolute Gasteiger partial charge is 0.399 e. The van der Waals surface area contributed by atoms with Crippen LogP contribution in [0.2, 0.25) is 0 Å². The Balaban J connectivity index is 1.58. The number of amidine groups is 1. The Labute approximate surface area is 152 Å². The van der Waals surface area contributed by atoms with E-state index in [4.69, 9.17) is 5.73 Å². The number of aliphatic imine (C=N–C) groups is 2. The maximum absolute atomic E-state index is 11.8. The molecule has 0 saturated carbocycles. The number of nitrogens with zero attached hydrogens (tertiary/aromatic N) is 4. The van der Waals surface area contributed by atoms with Gasteiger partial charge in [0.1, 0.15) is 12.2 Å². The van der Waals surface area contributed by atoms with Crippen molar-refractivity contribution in [2.75, 3.05) is 23.7 Å². The summed E-state index contributed by atoms with van der Waals surface area (Å²) in [5, 5.41) is 1.75. The molecule has 1 amide bonds. The summed E-state index contributed by atoms with van der Waals surface area (Å²) in [6.07, 6.45) is 6.40. The minimum atomic E-state index is -0.324. The predicted molar refractivity (Wildman–Crippen MR) is 103 cm³/mol. The molecule has 0 bridgehead atoms. The molecular weight excluding hydrogens is 328 g/mol. The summed E-state index contributed by atoms with van der Waals surface area (Å²) in [7, 11) is 0. The number of carbonyl (C=O) groups is 1. The van der Waals surface area contributed by atoms with Crippen LogP contribution in [0.15, 0.2) is 40.5 Å². The number of anilines is 2. The quantitative estimate of drug-likeness (QED) is 0.584. The summed E-state index contributed by atoms with van der Waals surface area (Å²) in [5.74, 6) is 5.80. The van der Waals surface area contributed by atoms with E-state index >= 15 is 0 Å². The van der Waals surface area contributed by atoms with Gasteiger partial charge in [0.05, 0.1) is 18.5 Å². The van der Waals surface area contributed by atoms with Crippen LogP contribution in [0.3, 0.4) is 0 Å². The molecule has 2 unspecified atom stereocenters. The van der Waals surface area contributed by atoms with E-state index in [1.54, 1.807) is 18.3 Å². The smallest absolute Gasteiger partial charge is 0.314 e. The van der Waals surface area contributed by atoms with Crippen molar-refractivity contribution in [3.8, 4) is 11.8 Å². The maximum atomic E-state index is 11.8. The Bertz CT molecular complexity index is 891. The molecule has 0 spiro atoms. The molecule has 0 saturated heterocycles. The lowest BCUT2D eigenvalue weighted by atomic mass is 9.94. The molecule has 3 N–H and O–H groups in total. The van der Waals surface area contributed by atoms with E-state index in [-0.39, 0.29) is 17.9 Å². The van der Waals surface area contributed by atoms with Crippen LogP contribution in [0.4, 0.5) is 11.4 Å². The topological polar surface area (TPSA) is 86.3 Å². The molecule has 0 aromatic heterocycles. The number of amides is 1. The van der Waals surface area contributed by atoms with Crippen LogP contribution in [-0.2, 0) is 11.2 Å². The molecule has 2 atom stereocenters. The molecule has 26 heavy (non-hydrogen) atoms. The highest BCUT2D eigenvalue weighted by Crippen LogP contribution is 2.33. The lowest BCUT2D eigenvalue weighted by Crippen LogP contribution is -2.51. The second kappa shape index (κ2) is 6.56. The lowest BCUT2D eigenvalue weighted by molar-refractivity contribution is -0.119. The standard InChI is InChI=1S/C19H20N6O/c1-2-3-18(26)23-24-8-7-16-15(11-24)19(22-12-21-16)25-9-6-13-10-14(20)4-5-17(13)25/h4-5,7-8,10,12,15-16H,6,9,11,20H2,1H3,(H,23,26). The molecule has 132 valence electrons. The first-order valence-corrected chi connectivity index (χ1v) is 8.59. The third-order valence-corrected chi connectivity index (χ3v) is 4.79. The zero-order valence-electron chi connectivity index (χ0n) is 14.5. The Morgan fingerprint density at radius 3 is 3.15 bits per heavy atom. The van der Waals surface area contributed by atoms with Gasteiger partial charge in [-0.2, -0.15) is 0 Å². The minimum Gasteiger partial charge on any atom is -0.399 e. The fourth-order valence-corrected chi connectivity index (χ4v) is 3.64. The monoisotopic (exact) mass is 348 g/mol. The van der Waals surface area contributed by atoms with Gasteiger partial charge in [-0.25, -0.2) is 4.99 Å². The summed E-state index contributed by atoms with van der Waals surface area (Å²) < 4.78 is 0. The molecule has 0 aliphatic carbocycles. The summed E-state index contributed by atoms with van der Waals surface area (Å²) in [4.78, 5) is 23.1. The van der Waals surface area contributed by atoms with Gasteiger partial charge in [-0.15, -0.1) is 0 Å². The SMILES string of the molecule is CC#CC(=O)NN1C=CC2N=CN=C(N3CCc4cc(N)ccc43)C2C1. The van der Waals surface area contributed by atoms with Crippen molar-refractivity contribution in [3.05, 3.63) is 36.0 Å².